The minimum atomic E-state index is -0.232. The van der Waals surface area contributed by atoms with Crippen molar-refractivity contribution in [3.63, 3.8) is 0 Å². The molecule has 0 atom stereocenters. The maximum atomic E-state index is 13.1. The maximum Gasteiger partial charge on any atom is 0.123 e. The van der Waals surface area contributed by atoms with E-state index in [0.717, 1.165) is 35.4 Å². The van der Waals surface area contributed by atoms with Crippen LogP contribution in [0, 0.1) is 5.82 Å². The zero-order valence-electron chi connectivity index (χ0n) is 14.9. The highest BCUT2D eigenvalue weighted by Crippen LogP contribution is 2.25. The minimum Gasteiger partial charge on any atom is -0.490 e. The van der Waals surface area contributed by atoms with E-state index >= 15 is 0 Å². The van der Waals surface area contributed by atoms with Gasteiger partial charge >= 0.3 is 0 Å². The Bertz CT molecular complexity index is 896. The molecule has 0 saturated heterocycles. The highest BCUT2D eigenvalue weighted by Gasteiger charge is 2.05. The van der Waals surface area contributed by atoms with Crippen molar-refractivity contribution in [2.24, 2.45) is 0 Å². The van der Waals surface area contributed by atoms with Gasteiger partial charge in [0.15, 0.2) is 0 Å². The first-order valence-corrected chi connectivity index (χ1v) is 8.61. The molecule has 0 radical (unpaired) electrons. The third kappa shape index (κ3) is 4.41. The predicted octanol–water partition coefficient (Wildman–Crippen LogP) is 4.82. The average Bonchev–Trinajstić information content (AvgIpc) is 3.05. The van der Waals surface area contributed by atoms with Crippen LogP contribution in [0.2, 0.25) is 0 Å². The Kier molecular flexibility index (Phi) is 5.87. The van der Waals surface area contributed by atoms with Gasteiger partial charge in [0.1, 0.15) is 18.2 Å². The van der Waals surface area contributed by atoms with Crippen LogP contribution < -0.4 is 4.74 Å². The fourth-order valence-corrected chi connectivity index (χ4v) is 2.80. The molecule has 0 aliphatic heterocycles. The molecular weight excluding hydrogens is 327 g/mol. The van der Waals surface area contributed by atoms with Crippen LogP contribution in [-0.4, -0.2) is 36.2 Å². The fourth-order valence-electron chi connectivity index (χ4n) is 2.80. The van der Waals surface area contributed by atoms with E-state index < -0.39 is 0 Å². The van der Waals surface area contributed by atoms with Crippen molar-refractivity contribution in [1.82, 2.24) is 9.47 Å². The van der Waals surface area contributed by atoms with Crippen molar-refractivity contribution in [3.8, 4) is 11.4 Å². The highest BCUT2D eigenvalue weighted by atomic mass is 19.1. The smallest absolute Gasteiger partial charge is 0.123 e. The van der Waals surface area contributed by atoms with E-state index in [4.69, 9.17) is 4.74 Å². The second kappa shape index (κ2) is 8.50. The standard InChI is InChI=1S/C22H23FN2O/c1-3-13-24(2)14-4-5-16-26-21-10-11-22-18(17-21)12-15-25(22)20-8-6-19(23)7-9-20/h3-12,15,17H,1,13-14,16H2,2H3/b5-4+. The van der Waals surface area contributed by atoms with Crippen molar-refractivity contribution in [3.05, 3.63) is 85.4 Å². The van der Waals surface area contributed by atoms with Crippen molar-refractivity contribution in [2.75, 3.05) is 26.7 Å². The van der Waals surface area contributed by atoms with E-state index in [0.29, 0.717) is 6.61 Å². The van der Waals surface area contributed by atoms with Crippen LogP contribution in [0.4, 0.5) is 4.39 Å². The van der Waals surface area contributed by atoms with Gasteiger partial charge in [-0.2, -0.15) is 0 Å². The lowest BCUT2D eigenvalue weighted by Gasteiger charge is -2.10. The predicted molar refractivity (Wildman–Crippen MR) is 106 cm³/mol. The molecule has 0 fully saturated rings. The molecule has 0 saturated carbocycles. The third-order valence-corrected chi connectivity index (χ3v) is 4.14. The number of ether oxygens (including phenoxy) is 1. The van der Waals surface area contributed by atoms with Crippen molar-refractivity contribution in [2.45, 2.75) is 0 Å². The van der Waals surface area contributed by atoms with Gasteiger partial charge in [-0.1, -0.05) is 18.2 Å². The maximum absolute atomic E-state index is 13.1. The number of likely N-dealkylation sites (N-methyl/N-ethyl adjacent to an activating group) is 1. The molecule has 3 aromatic rings. The SMILES string of the molecule is C=CCN(C)C/C=C/COc1ccc2c(ccn2-c2ccc(F)cc2)c1. The number of rotatable bonds is 8. The first-order chi connectivity index (χ1) is 12.7. The van der Waals surface area contributed by atoms with Gasteiger partial charge in [-0.3, -0.25) is 4.90 Å². The molecular formula is C22H23FN2O. The van der Waals surface area contributed by atoms with Gasteiger partial charge in [0.05, 0.1) is 5.52 Å². The zero-order chi connectivity index (χ0) is 18.4. The summed E-state index contributed by atoms with van der Waals surface area (Å²) >= 11 is 0. The minimum absolute atomic E-state index is 0.232. The molecule has 0 bridgehead atoms. The van der Waals surface area contributed by atoms with E-state index in [9.17, 15) is 4.39 Å². The summed E-state index contributed by atoms with van der Waals surface area (Å²) in [6.07, 6.45) is 7.98. The van der Waals surface area contributed by atoms with Crippen LogP contribution in [-0.2, 0) is 0 Å². The number of hydrogen-bond acceptors (Lipinski definition) is 2. The Morgan fingerprint density at radius 1 is 1.08 bits per heavy atom. The van der Waals surface area contributed by atoms with Gasteiger partial charge in [0.2, 0.25) is 0 Å². The number of nitrogens with zero attached hydrogens (tertiary/aromatic N) is 2. The largest absolute Gasteiger partial charge is 0.490 e. The van der Waals surface area contributed by atoms with E-state index in [-0.39, 0.29) is 5.82 Å². The zero-order valence-corrected chi connectivity index (χ0v) is 14.9. The van der Waals surface area contributed by atoms with E-state index in [1.165, 1.54) is 12.1 Å². The highest BCUT2D eigenvalue weighted by molar-refractivity contribution is 5.83. The van der Waals surface area contributed by atoms with Gasteiger partial charge in [-0.15, -0.1) is 6.58 Å². The first-order valence-electron chi connectivity index (χ1n) is 8.61. The number of hydrogen-bond donors (Lipinski definition) is 0. The number of fused-ring (bicyclic) bond motifs is 1. The molecule has 1 aromatic heterocycles. The Balaban J connectivity index is 1.64. The molecule has 26 heavy (non-hydrogen) atoms. The molecule has 3 nitrogen and oxygen atoms in total. The Morgan fingerprint density at radius 3 is 2.65 bits per heavy atom. The van der Waals surface area contributed by atoms with Crippen LogP contribution >= 0.6 is 0 Å². The normalized spacial score (nSPS) is 11.5. The molecule has 1 heterocycles. The summed E-state index contributed by atoms with van der Waals surface area (Å²) in [5.74, 6) is 0.600. The molecule has 0 N–H and O–H groups in total. The van der Waals surface area contributed by atoms with Crippen LogP contribution in [0.1, 0.15) is 0 Å². The second-order valence-electron chi connectivity index (χ2n) is 6.18. The van der Waals surface area contributed by atoms with E-state index in [1.807, 2.05) is 54.2 Å². The number of halogens is 1. The summed E-state index contributed by atoms with van der Waals surface area (Å²) < 4.78 is 21.0. The van der Waals surface area contributed by atoms with E-state index in [1.54, 1.807) is 12.1 Å². The fraction of sp³-hybridized carbons (Fsp3) is 0.182. The van der Waals surface area contributed by atoms with Gasteiger partial charge in [-0.05, 0) is 55.6 Å². The summed E-state index contributed by atoms with van der Waals surface area (Å²) in [6.45, 7) is 6.00. The van der Waals surface area contributed by atoms with Crippen molar-refractivity contribution < 1.29 is 9.13 Å². The average molecular weight is 350 g/mol. The summed E-state index contributed by atoms with van der Waals surface area (Å²) in [7, 11) is 2.05. The third-order valence-electron chi connectivity index (χ3n) is 4.14. The van der Waals surface area contributed by atoms with Gasteiger partial charge < -0.3 is 9.30 Å². The van der Waals surface area contributed by atoms with Gasteiger partial charge in [0, 0.05) is 30.4 Å². The van der Waals surface area contributed by atoms with Crippen LogP contribution in [0.5, 0.6) is 5.75 Å². The first kappa shape index (κ1) is 18.0. The molecule has 0 aliphatic rings. The van der Waals surface area contributed by atoms with E-state index in [2.05, 4.69) is 17.6 Å². The monoisotopic (exact) mass is 350 g/mol. The molecule has 134 valence electrons. The topological polar surface area (TPSA) is 17.4 Å². The molecule has 0 aliphatic carbocycles. The molecule has 0 amide bonds. The number of aromatic nitrogens is 1. The lowest BCUT2D eigenvalue weighted by atomic mass is 10.2. The van der Waals surface area contributed by atoms with Crippen molar-refractivity contribution >= 4 is 10.9 Å². The molecule has 2 aromatic carbocycles. The quantitative estimate of drug-likeness (QED) is 0.542. The molecule has 0 unspecified atom stereocenters. The van der Waals surface area contributed by atoms with Crippen LogP contribution in [0.25, 0.3) is 16.6 Å². The van der Waals surface area contributed by atoms with Crippen molar-refractivity contribution in [1.29, 1.82) is 0 Å². The summed E-state index contributed by atoms with van der Waals surface area (Å²) in [5, 5.41) is 1.08. The summed E-state index contributed by atoms with van der Waals surface area (Å²) in [4.78, 5) is 2.16. The molecule has 3 rings (SSSR count). The van der Waals surface area contributed by atoms with Gasteiger partial charge in [0.25, 0.3) is 0 Å². The summed E-state index contributed by atoms with van der Waals surface area (Å²) in [5.41, 5.74) is 1.99. The second-order valence-corrected chi connectivity index (χ2v) is 6.18. The Morgan fingerprint density at radius 2 is 1.88 bits per heavy atom. The molecule has 0 spiro atoms. The lowest BCUT2D eigenvalue weighted by Crippen LogP contribution is -2.17. The number of benzene rings is 2. The Hall–Kier alpha value is -2.85. The van der Waals surface area contributed by atoms with Crippen LogP contribution in [0.3, 0.4) is 0 Å². The van der Waals surface area contributed by atoms with Gasteiger partial charge in [-0.25, -0.2) is 4.39 Å². The summed E-state index contributed by atoms with van der Waals surface area (Å²) in [6, 6.07) is 14.5. The van der Waals surface area contributed by atoms with Crippen LogP contribution in [0.15, 0.2) is 79.5 Å². The Labute approximate surface area is 153 Å². The lowest BCUT2D eigenvalue weighted by molar-refractivity contribution is 0.361. The molecule has 4 heteroatoms.